The Kier molecular flexibility index (Phi) is 3.73. The van der Waals surface area contributed by atoms with Crippen LogP contribution in [0.1, 0.15) is 16.5 Å². The van der Waals surface area contributed by atoms with Crippen LogP contribution in [0.4, 0.5) is 5.69 Å². The minimum absolute atomic E-state index is 0.280. The van der Waals surface area contributed by atoms with Crippen LogP contribution in [0, 0.1) is 0 Å². The lowest BCUT2D eigenvalue weighted by Gasteiger charge is -2.26. The van der Waals surface area contributed by atoms with Gasteiger partial charge in [-0.3, -0.25) is 4.79 Å². The van der Waals surface area contributed by atoms with Gasteiger partial charge in [0.05, 0.1) is 27.4 Å². The molecule has 0 bridgehead atoms. The summed E-state index contributed by atoms with van der Waals surface area (Å²) in [5.41, 5.74) is 0.881. The Morgan fingerprint density at radius 2 is 2.30 bits per heavy atom. The molecule has 0 spiro atoms. The Labute approximate surface area is 128 Å². The molecule has 0 unspecified atom stereocenters. The van der Waals surface area contributed by atoms with Gasteiger partial charge in [0, 0.05) is 13.1 Å². The van der Waals surface area contributed by atoms with Crippen molar-refractivity contribution in [3.63, 3.8) is 0 Å². The quantitative estimate of drug-likeness (QED) is 0.883. The summed E-state index contributed by atoms with van der Waals surface area (Å²) in [5, 5.41) is 14.3. The zero-order valence-electron chi connectivity index (χ0n) is 10.3. The van der Waals surface area contributed by atoms with Crippen LogP contribution in [0.25, 0.3) is 0 Å². The van der Waals surface area contributed by atoms with Crippen molar-refractivity contribution in [3.8, 4) is 0 Å². The lowest BCUT2D eigenvalue weighted by atomic mass is 10.2. The normalized spacial score (nSPS) is 14.9. The Morgan fingerprint density at radius 1 is 1.50 bits per heavy atom. The molecule has 0 saturated carbocycles. The first kappa shape index (κ1) is 13.5. The van der Waals surface area contributed by atoms with Crippen molar-refractivity contribution in [3.05, 3.63) is 39.6 Å². The number of rotatable bonds is 3. The van der Waals surface area contributed by atoms with Gasteiger partial charge >= 0.3 is 0 Å². The van der Waals surface area contributed by atoms with Crippen LogP contribution >= 0.6 is 27.5 Å². The minimum atomic E-state index is -0.313. The molecule has 6 nitrogen and oxygen atoms in total. The highest BCUT2D eigenvalue weighted by Crippen LogP contribution is 2.30. The van der Waals surface area contributed by atoms with Gasteiger partial charge in [0.1, 0.15) is 0 Å². The van der Waals surface area contributed by atoms with Crippen LogP contribution in [0.3, 0.4) is 0 Å². The SMILES string of the molecule is O=C(Nc1cccc(Cl)c1Br)c1cn(C2CNC2)nn1. The fraction of sp³-hybridized carbons (Fsp3) is 0.250. The maximum atomic E-state index is 12.1. The second-order valence-electron chi connectivity index (χ2n) is 4.45. The molecule has 2 heterocycles. The van der Waals surface area contributed by atoms with E-state index in [9.17, 15) is 4.79 Å². The van der Waals surface area contributed by atoms with Gasteiger partial charge in [-0.25, -0.2) is 4.68 Å². The van der Waals surface area contributed by atoms with Crippen molar-refractivity contribution in [1.29, 1.82) is 0 Å². The van der Waals surface area contributed by atoms with E-state index in [0.717, 1.165) is 13.1 Å². The van der Waals surface area contributed by atoms with E-state index in [-0.39, 0.29) is 17.6 Å². The Bertz CT molecular complexity index is 655. The largest absolute Gasteiger partial charge is 0.319 e. The summed E-state index contributed by atoms with van der Waals surface area (Å²) in [7, 11) is 0. The second-order valence-corrected chi connectivity index (χ2v) is 5.65. The van der Waals surface area contributed by atoms with E-state index in [1.165, 1.54) is 0 Å². The summed E-state index contributed by atoms with van der Waals surface area (Å²) in [5.74, 6) is -0.313. The fourth-order valence-electron chi connectivity index (χ4n) is 1.81. The Morgan fingerprint density at radius 3 is 3.00 bits per heavy atom. The summed E-state index contributed by atoms with van der Waals surface area (Å²) in [4.78, 5) is 12.1. The van der Waals surface area contributed by atoms with Crippen molar-refractivity contribution in [1.82, 2.24) is 20.3 Å². The van der Waals surface area contributed by atoms with Crippen LogP contribution in [0.2, 0.25) is 5.02 Å². The van der Waals surface area contributed by atoms with Gasteiger partial charge in [0.15, 0.2) is 5.69 Å². The van der Waals surface area contributed by atoms with Gasteiger partial charge in [-0.05, 0) is 28.1 Å². The topological polar surface area (TPSA) is 71.8 Å². The number of aromatic nitrogens is 3. The number of hydrogen-bond donors (Lipinski definition) is 2. The smallest absolute Gasteiger partial charge is 0.277 e. The molecule has 20 heavy (non-hydrogen) atoms. The minimum Gasteiger partial charge on any atom is -0.319 e. The van der Waals surface area contributed by atoms with E-state index < -0.39 is 0 Å². The summed E-state index contributed by atoms with van der Waals surface area (Å²) in [6.07, 6.45) is 1.65. The third-order valence-electron chi connectivity index (χ3n) is 3.08. The first-order chi connectivity index (χ1) is 9.65. The highest BCUT2D eigenvalue weighted by atomic mass is 79.9. The van der Waals surface area contributed by atoms with Crippen molar-refractivity contribution >= 4 is 39.1 Å². The van der Waals surface area contributed by atoms with Gasteiger partial charge in [0.2, 0.25) is 0 Å². The third-order valence-corrected chi connectivity index (χ3v) is 4.47. The third kappa shape index (κ3) is 2.56. The maximum absolute atomic E-state index is 12.1. The predicted molar refractivity (Wildman–Crippen MR) is 79.0 cm³/mol. The molecule has 0 radical (unpaired) electrons. The molecule has 1 aliphatic rings. The molecule has 1 amide bonds. The van der Waals surface area contributed by atoms with Crippen molar-refractivity contribution in [2.45, 2.75) is 6.04 Å². The number of halogens is 2. The zero-order valence-corrected chi connectivity index (χ0v) is 12.6. The molecule has 1 aliphatic heterocycles. The predicted octanol–water partition coefficient (Wildman–Crippen LogP) is 2.09. The van der Waals surface area contributed by atoms with E-state index in [1.807, 2.05) is 0 Å². The van der Waals surface area contributed by atoms with Gasteiger partial charge in [-0.15, -0.1) is 5.10 Å². The van der Waals surface area contributed by atoms with E-state index in [1.54, 1.807) is 29.1 Å². The number of carbonyl (C=O) groups is 1. The number of nitrogens with zero attached hydrogens (tertiary/aromatic N) is 3. The Hall–Kier alpha value is -1.44. The van der Waals surface area contributed by atoms with Crippen molar-refractivity contribution in [2.24, 2.45) is 0 Å². The average molecular weight is 357 g/mol. The van der Waals surface area contributed by atoms with Crippen molar-refractivity contribution < 1.29 is 4.79 Å². The van der Waals surface area contributed by atoms with Crippen LogP contribution in [0.15, 0.2) is 28.9 Å². The molecule has 1 fully saturated rings. The standard InChI is InChI=1S/C12H11BrClN5O/c13-11-8(14)2-1-3-9(11)16-12(20)10-6-19(18-17-10)7-4-15-5-7/h1-3,6-7,15H,4-5H2,(H,16,20). The Balaban J connectivity index is 1.75. The van der Waals surface area contributed by atoms with E-state index in [0.29, 0.717) is 15.2 Å². The number of benzene rings is 1. The van der Waals surface area contributed by atoms with Gasteiger partial charge in [-0.2, -0.15) is 0 Å². The molecule has 2 aromatic rings. The van der Waals surface area contributed by atoms with Gasteiger partial charge in [0.25, 0.3) is 5.91 Å². The van der Waals surface area contributed by atoms with E-state index >= 15 is 0 Å². The molecule has 2 N–H and O–H groups in total. The molecule has 1 aromatic carbocycles. The first-order valence-electron chi connectivity index (χ1n) is 6.03. The molecular formula is C12H11BrClN5O. The molecule has 8 heteroatoms. The van der Waals surface area contributed by atoms with E-state index in [4.69, 9.17) is 11.6 Å². The number of amides is 1. The van der Waals surface area contributed by atoms with Crippen LogP contribution in [0.5, 0.6) is 0 Å². The van der Waals surface area contributed by atoms with E-state index in [2.05, 4.69) is 36.9 Å². The molecule has 0 atom stereocenters. The number of nitrogens with one attached hydrogen (secondary N) is 2. The van der Waals surface area contributed by atoms with Gasteiger partial charge < -0.3 is 10.6 Å². The van der Waals surface area contributed by atoms with Gasteiger partial charge in [-0.1, -0.05) is 22.9 Å². The summed E-state index contributed by atoms with van der Waals surface area (Å²) in [6, 6.07) is 5.54. The molecule has 104 valence electrons. The summed E-state index contributed by atoms with van der Waals surface area (Å²) >= 11 is 9.31. The highest BCUT2D eigenvalue weighted by molar-refractivity contribution is 9.10. The lowest BCUT2D eigenvalue weighted by molar-refractivity contribution is 0.102. The van der Waals surface area contributed by atoms with Crippen LogP contribution in [-0.4, -0.2) is 34.0 Å². The second kappa shape index (κ2) is 5.51. The molecular weight excluding hydrogens is 346 g/mol. The van der Waals surface area contributed by atoms with Crippen molar-refractivity contribution in [2.75, 3.05) is 18.4 Å². The first-order valence-corrected chi connectivity index (χ1v) is 7.20. The monoisotopic (exact) mass is 355 g/mol. The zero-order chi connectivity index (χ0) is 14.1. The molecule has 1 saturated heterocycles. The molecule has 3 rings (SSSR count). The maximum Gasteiger partial charge on any atom is 0.277 e. The molecule has 0 aliphatic carbocycles. The number of anilines is 1. The summed E-state index contributed by atoms with van der Waals surface area (Å²) < 4.78 is 2.35. The summed E-state index contributed by atoms with van der Waals surface area (Å²) in [6.45, 7) is 1.70. The fourth-order valence-corrected chi connectivity index (χ4v) is 2.34. The number of carbonyl (C=O) groups excluding carboxylic acids is 1. The molecule has 1 aromatic heterocycles. The average Bonchev–Trinajstić information content (AvgIpc) is 2.82. The lowest BCUT2D eigenvalue weighted by Crippen LogP contribution is -2.43. The van der Waals surface area contributed by atoms with Crippen LogP contribution < -0.4 is 10.6 Å². The number of hydrogen-bond acceptors (Lipinski definition) is 4. The van der Waals surface area contributed by atoms with Crippen LogP contribution in [-0.2, 0) is 0 Å². The highest BCUT2D eigenvalue weighted by Gasteiger charge is 2.22.